The maximum absolute atomic E-state index is 7.48. The van der Waals surface area contributed by atoms with Crippen LogP contribution in [0.1, 0.15) is 17.2 Å². The molecule has 3 aromatic heterocycles. The summed E-state index contributed by atoms with van der Waals surface area (Å²) in [5, 5.41) is 7.48. The normalized spacial score (nSPS) is 11.3. The summed E-state index contributed by atoms with van der Waals surface area (Å²) in [5.74, 6) is 1.64. The monoisotopic (exact) mass is 291 g/mol. The van der Waals surface area contributed by atoms with Crippen LogP contribution in [0, 0.1) is 5.41 Å². The number of aromatic nitrogens is 5. The van der Waals surface area contributed by atoms with Crippen LogP contribution in [-0.2, 0) is 6.42 Å². The van der Waals surface area contributed by atoms with E-state index in [4.69, 9.17) is 11.1 Å². The Morgan fingerprint density at radius 3 is 2.73 bits per heavy atom. The zero-order valence-electron chi connectivity index (χ0n) is 11.6. The zero-order chi connectivity index (χ0) is 15.1. The van der Waals surface area contributed by atoms with Gasteiger partial charge in [0.25, 0.3) is 0 Å². The molecule has 0 fully saturated rings. The van der Waals surface area contributed by atoms with Gasteiger partial charge in [0.2, 0.25) is 0 Å². The molecule has 108 valence electrons. The van der Waals surface area contributed by atoms with E-state index in [0.29, 0.717) is 17.6 Å². The van der Waals surface area contributed by atoms with Crippen molar-refractivity contribution in [3.8, 4) is 0 Å². The molecule has 4 aromatic rings. The van der Waals surface area contributed by atoms with E-state index >= 15 is 0 Å². The highest BCUT2D eigenvalue weighted by atomic mass is 15.0. The molecule has 0 spiro atoms. The van der Waals surface area contributed by atoms with Crippen LogP contribution in [0.4, 0.5) is 0 Å². The van der Waals surface area contributed by atoms with Crippen molar-refractivity contribution in [3.63, 3.8) is 0 Å². The van der Waals surface area contributed by atoms with Crippen LogP contribution in [0.3, 0.4) is 0 Å². The number of aromatic amines is 2. The van der Waals surface area contributed by atoms with Crippen molar-refractivity contribution in [1.82, 2.24) is 24.9 Å². The van der Waals surface area contributed by atoms with Crippen molar-refractivity contribution < 1.29 is 0 Å². The first kappa shape index (κ1) is 12.5. The van der Waals surface area contributed by atoms with Crippen molar-refractivity contribution in [1.29, 1.82) is 5.41 Å². The van der Waals surface area contributed by atoms with Gasteiger partial charge in [-0.15, -0.1) is 0 Å². The first-order chi connectivity index (χ1) is 10.7. The molecule has 0 aliphatic heterocycles. The lowest BCUT2D eigenvalue weighted by Crippen LogP contribution is -2.10. The van der Waals surface area contributed by atoms with Gasteiger partial charge in [0.15, 0.2) is 5.65 Å². The second kappa shape index (κ2) is 4.66. The van der Waals surface area contributed by atoms with Gasteiger partial charge >= 0.3 is 0 Å². The average Bonchev–Trinajstić information content (AvgIpc) is 3.08. The Labute approximate surface area is 125 Å². The molecule has 22 heavy (non-hydrogen) atoms. The van der Waals surface area contributed by atoms with Gasteiger partial charge in [-0.2, -0.15) is 0 Å². The van der Waals surface area contributed by atoms with Gasteiger partial charge in [-0.3, -0.25) is 5.41 Å². The minimum atomic E-state index is 0.0369. The number of rotatable bonds is 3. The molecule has 3 heterocycles. The van der Waals surface area contributed by atoms with E-state index in [1.54, 1.807) is 18.3 Å². The minimum absolute atomic E-state index is 0.0369. The molecular formula is C15H13N7. The van der Waals surface area contributed by atoms with Crippen molar-refractivity contribution in [2.45, 2.75) is 6.42 Å². The van der Waals surface area contributed by atoms with E-state index in [1.165, 1.54) is 0 Å². The van der Waals surface area contributed by atoms with Crippen LogP contribution in [-0.4, -0.2) is 30.8 Å². The molecule has 0 saturated heterocycles. The number of hydrogen-bond donors (Lipinski definition) is 4. The third kappa shape index (κ3) is 2.08. The molecule has 1 aromatic carbocycles. The third-order valence-corrected chi connectivity index (χ3v) is 3.48. The fraction of sp³-hybridized carbons (Fsp3) is 0.0667. The number of hydrogen-bond acceptors (Lipinski definition) is 4. The Kier molecular flexibility index (Phi) is 2.65. The van der Waals surface area contributed by atoms with Gasteiger partial charge in [-0.05, 0) is 30.3 Å². The summed E-state index contributed by atoms with van der Waals surface area (Å²) < 4.78 is 0. The van der Waals surface area contributed by atoms with Crippen molar-refractivity contribution in [2.75, 3.05) is 0 Å². The summed E-state index contributed by atoms with van der Waals surface area (Å²) in [6.45, 7) is 0. The largest absolute Gasteiger partial charge is 0.384 e. The van der Waals surface area contributed by atoms with Gasteiger partial charge in [-0.25, -0.2) is 15.0 Å². The van der Waals surface area contributed by atoms with E-state index in [2.05, 4.69) is 24.9 Å². The van der Waals surface area contributed by atoms with E-state index in [9.17, 15) is 0 Å². The molecule has 4 rings (SSSR count). The molecule has 0 saturated carbocycles. The highest BCUT2D eigenvalue weighted by molar-refractivity contribution is 5.97. The molecule has 0 aliphatic carbocycles. The highest BCUT2D eigenvalue weighted by Gasteiger charge is 2.09. The number of nitrogens with zero attached hydrogens (tertiary/aromatic N) is 3. The Hall–Kier alpha value is -3.22. The summed E-state index contributed by atoms with van der Waals surface area (Å²) in [5.41, 5.74) is 9.48. The fourth-order valence-electron chi connectivity index (χ4n) is 2.45. The number of nitrogens with one attached hydrogen (secondary N) is 3. The predicted octanol–water partition coefficient (Wildman–Crippen LogP) is 1.71. The van der Waals surface area contributed by atoms with E-state index in [1.807, 2.05) is 18.2 Å². The second-order valence-corrected chi connectivity index (χ2v) is 5.06. The standard InChI is InChI=1S/C15H13N7/c16-14(17)8-3-4-9-11(6-8)21-12(19-9)7-13-20-10-2-1-5-18-15(10)22-13/h1-6H,7H2,(H3,16,17)(H,19,21)(H,18,20,22). The number of benzene rings is 1. The Morgan fingerprint density at radius 2 is 1.91 bits per heavy atom. The maximum Gasteiger partial charge on any atom is 0.177 e. The average molecular weight is 291 g/mol. The van der Waals surface area contributed by atoms with E-state index in [-0.39, 0.29) is 5.84 Å². The molecule has 0 aliphatic rings. The van der Waals surface area contributed by atoms with Gasteiger partial charge in [-0.1, -0.05) is 0 Å². The highest BCUT2D eigenvalue weighted by Crippen LogP contribution is 2.16. The van der Waals surface area contributed by atoms with Crippen LogP contribution >= 0.6 is 0 Å². The number of fused-ring (bicyclic) bond motifs is 2. The molecule has 7 heteroatoms. The van der Waals surface area contributed by atoms with Gasteiger partial charge < -0.3 is 15.7 Å². The maximum atomic E-state index is 7.48. The molecule has 0 radical (unpaired) electrons. The molecule has 0 atom stereocenters. The molecule has 0 bridgehead atoms. The lowest BCUT2D eigenvalue weighted by atomic mass is 10.2. The zero-order valence-corrected chi connectivity index (χ0v) is 11.6. The quantitative estimate of drug-likeness (QED) is 0.339. The van der Waals surface area contributed by atoms with E-state index < -0.39 is 0 Å². The first-order valence-electron chi connectivity index (χ1n) is 6.82. The summed E-state index contributed by atoms with van der Waals surface area (Å²) >= 11 is 0. The van der Waals surface area contributed by atoms with Crippen LogP contribution < -0.4 is 5.73 Å². The van der Waals surface area contributed by atoms with Gasteiger partial charge in [0, 0.05) is 11.8 Å². The van der Waals surface area contributed by atoms with Crippen LogP contribution in [0.2, 0.25) is 0 Å². The second-order valence-electron chi connectivity index (χ2n) is 5.06. The molecular weight excluding hydrogens is 278 g/mol. The van der Waals surface area contributed by atoms with Crippen molar-refractivity contribution in [2.24, 2.45) is 5.73 Å². The molecule has 0 amide bonds. The predicted molar refractivity (Wildman–Crippen MR) is 83.8 cm³/mol. The molecule has 0 unspecified atom stereocenters. The van der Waals surface area contributed by atoms with Crippen LogP contribution in [0.5, 0.6) is 0 Å². The molecule has 5 N–H and O–H groups in total. The Balaban J connectivity index is 1.70. The van der Waals surface area contributed by atoms with Crippen molar-refractivity contribution >= 4 is 28.0 Å². The lowest BCUT2D eigenvalue weighted by Gasteiger charge is -1.95. The summed E-state index contributed by atoms with van der Waals surface area (Å²) in [4.78, 5) is 19.7. The third-order valence-electron chi connectivity index (χ3n) is 3.48. The van der Waals surface area contributed by atoms with Crippen molar-refractivity contribution in [3.05, 3.63) is 53.7 Å². The SMILES string of the molecule is N=C(N)c1ccc2[nH]c(Cc3nc4ncccc4[nH]3)nc2c1. The Bertz CT molecular complexity index is 962. The number of nitrogens with two attached hydrogens (primary N) is 1. The van der Waals surface area contributed by atoms with E-state index in [0.717, 1.165) is 28.2 Å². The topological polar surface area (TPSA) is 120 Å². The minimum Gasteiger partial charge on any atom is -0.384 e. The fourth-order valence-corrected chi connectivity index (χ4v) is 2.45. The molecule has 7 nitrogen and oxygen atoms in total. The van der Waals surface area contributed by atoms with Gasteiger partial charge in [0.1, 0.15) is 17.5 Å². The Morgan fingerprint density at radius 1 is 1.09 bits per heavy atom. The summed E-state index contributed by atoms with van der Waals surface area (Å²) in [7, 11) is 0. The number of H-pyrrole nitrogens is 2. The lowest BCUT2D eigenvalue weighted by molar-refractivity contribution is 0.958. The van der Waals surface area contributed by atoms with Crippen LogP contribution in [0.15, 0.2) is 36.5 Å². The number of amidine groups is 1. The van der Waals surface area contributed by atoms with Crippen LogP contribution in [0.25, 0.3) is 22.2 Å². The number of nitrogen functional groups attached to an aromatic ring is 1. The first-order valence-corrected chi connectivity index (χ1v) is 6.82. The smallest absolute Gasteiger partial charge is 0.177 e. The number of pyridine rings is 1. The van der Waals surface area contributed by atoms with Gasteiger partial charge in [0.05, 0.1) is 23.0 Å². The summed E-state index contributed by atoms with van der Waals surface area (Å²) in [6, 6.07) is 9.30. The summed E-state index contributed by atoms with van der Waals surface area (Å²) in [6.07, 6.45) is 2.28. The number of imidazole rings is 2.